The molecule has 1 aromatic rings. The van der Waals surface area contributed by atoms with Gasteiger partial charge in [-0.15, -0.1) is 0 Å². The zero-order valence-corrected chi connectivity index (χ0v) is 12.2. The Kier molecular flexibility index (Phi) is 5.46. The summed E-state index contributed by atoms with van der Waals surface area (Å²) in [6.07, 6.45) is 0.241. The molecule has 0 bridgehead atoms. The van der Waals surface area contributed by atoms with Crippen molar-refractivity contribution in [3.8, 4) is 0 Å². The Morgan fingerprint density at radius 3 is 2.75 bits per heavy atom. The average molecular weight is 306 g/mol. The second-order valence-corrected chi connectivity index (χ2v) is 6.49. The molecular weight excluding hydrogens is 287 g/mol. The van der Waals surface area contributed by atoms with Gasteiger partial charge in [-0.1, -0.05) is 0 Å². The molecule has 0 radical (unpaired) electrons. The van der Waals surface area contributed by atoms with Crippen molar-refractivity contribution in [1.29, 1.82) is 0 Å². The molecule has 8 heteroatoms. The first-order valence-electron chi connectivity index (χ1n) is 5.94. The van der Waals surface area contributed by atoms with E-state index in [1.165, 1.54) is 20.1 Å². The summed E-state index contributed by atoms with van der Waals surface area (Å²) in [7, 11) is -2.60. The molecule has 0 aromatic heterocycles. The Morgan fingerprint density at radius 1 is 1.50 bits per heavy atom. The van der Waals surface area contributed by atoms with E-state index in [0.29, 0.717) is 0 Å². The van der Waals surface area contributed by atoms with Crippen LogP contribution in [0.25, 0.3) is 0 Å². The SMILES string of the molecule is COCCC(C)(O)CNS(=O)(=O)c1cc(N)ccc1F. The standard InChI is InChI=1S/C12H19FN2O4S/c1-12(16,5-6-19-2)8-15-20(17,18)11-7-9(14)3-4-10(11)13/h3-4,7,15-16H,5-6,8,14H2,1-2H3. The van der Waals surface area contributed by atoms with Crippen molar-refractivity contribution in [2.45, 2.75) is 23.8 Å². The largest absolute Gasteiger partial charge is 0.399 e. The van der Waals surface area contributed by atoms with Crippen LogP contribution in [0.5, 0.6) is 0 Å². The quantitative estimate of drug-likeness (QED) is 0.636. The number of nitrogens with one attached hydrogen (secondary N) is 1. The molecule has 6 nitrogen and oxygen atoms in total. The molecule has 1 atom stereocenters. The Labute approximate surface area is 117 Å². The number of ether oxygens (including phenoxy) is 1. The van der Waals surface area contributed by atoms with Crippen molar-refractivity contribution in [3.63, 3.8) is 0 Å². The molecule has 1 unspecified atom stereocenters. The van der Waals surface area contributed by atoms with Gasteiger partial charge in [0.25, 0.3) is 0 Å². The second-order valence-electron chi connectivity index (χ2n) is 4.75. The molecule has 0 saturated heterocycles. The molecule has 1 aromatic carbocycles. The highest BCUT2D eigenvalue weighted by Crippen LogP contribution is 2.18. The van der Waals surface area contributed by atoms with Gasteiger partial charge in [-0.25, -0.2) is 17.5 Å². The van der Waals surface area contributed by atoms with Crippen LogP contribution < -0.4 is 10.5 Å². The molecule has 0 saturated carbocycles. The van der Waals surface area contributed by atoms with Gasteiger partial charge >= 0.3 is 0 Å². The number of nitrogens with two attached hydrogens (primary N) is 1. The highest BCUT2D eigenvalue weighted by atomic mass is 32.2. The molecule has 0 aliphatic rings. The van der Waals surface area contributed by atoms with Crippen molar-refractivity contribution >= 4 is 15.7 Å². The number of hydrogen-bond donors (Lipinski definition) is 3. The van der Waals surface area contributed by atoms with Crippen molar-refractivity contribution in [2.75, 3.05) is 26.0 Å². The van der Waals surface area contributed by atoms with E-state index in [2.05, 4.69) is 4.72 Å². The number of benzene rings is 1. The third-order valence-electron chi connectivity index (χ3n) is 2.73. The van der Waals surface area contributed by atoms with Crippen molar-refractivity contribution in [1.82, 2.24) is 4.72 Å². The number of halogens is 1. The number of methoxy groups -OCH3 is 1. The summed E-state index contributed by atoms with van der Waals surface area (Å²) in [6, 6.07) is 3.28. The molecule has 4 N–H and O–H groups in total. The van der Waals surface area contributed by atoms with Crippen LogP contribution in [0.3, 0.4) is 0 Å². The topological polar surface area (TPSA) is 102 Å². The van der Waals surface area contributed by atoms with Gasteiger partial charge in [-0.05, 0) is 25.1 Å². The van der Waals surface area contributed by atoms with Crippen molar-refractivity contribution in [2.24, 2.45) is 0 Å². The molecular formula is C12H19FN2O4S. The van der Waals surface area contributed by atoms with Crippen LogP contribution in [0.2, 0.25) is 0 Å². The Balaban J connectivity index is 2.83. The Bertz CT molecular complexity index is 561. The fraction of sp³-hybridized carbons (Fsp3) is 0.500. The van der Waals surface area contributed by atoms with Crippen LogP contribution in [-0.4, -0.2) is 39.4 Å². The van der Waals surface area contributed by atoms with E-state index >= 15 is 0 Å². The van der Waals surface area contributed by atoms with Crippen LogP contribution in [0, 0.1) is 5.82 Å². The first-order valence-corrected chi connectivity index (χ1v) is 7.42. The monoisotopic (exact) mass is 306 g/mol. The Morgan fingerprint density at radius 2 is 2.15 bits per heavy atom. The minimum atomic E-state index is -4.08. The summed E-state index contributed by atoms with van der Waals surface area (Å²) < 4.78 is 44.5. The molecule has 0 amide bonds. The fourth-order valence-electron chi connectivity index (χ4n) is 1.46. The number of sulfonamides is 1. The zero-order valence-electron chi connectivity index (χ0n) is 11.4. The zero-order chi connectivity index (χ0) is 15.4. The normalized spacial score (nSPS) is 15.0. The van der Waals surface area contributed by atoms with E-state index in [-0.39, 0.29) is 25.3 Å². The van der Waals surface area contributed by atoms with E-state index in [4.69, 9.17) is 10.5 Å². The molecule has 0 aliphatic carbocycles. The summed E-state index contributed by atoms with van der Waals surface area (Å²) in [5.41, 5.74) is 4.29. The van der Waals surface area contributed by atoms with Crippen LogP contribution >= 0.6 is 0 Å². The third-order valence-corrected chi connectivity index (χ3v) is 4.15. The highest BCUT2D eigenvalue weighted by Gasteiger charge is 2.25. The van der Waals surface area contributed by atoms with E-state index in [1.54, 1.807) is 0 Å². The summed E-state index contributed by atoms with van der Waals surface area (Å²) in [6.45, 7) is 1.48. The number of anilines is 1. The van der Waals surface area contributed by atoms with Gasteiger partial charge < -0.3 is 15.6 Å². The van der Waals surface area contributed by atoms with Gasteiger partial charge in [-0.2, -0.15) is 0 Å². The van der Waals surface area contributed by atoms with Crippen LogP contribution in [-0.2, 0) is 14.8 Å². The lowest BCUT2D eigenvalue weighted by Crippen LogP contribution is -2.41. The lowest BCUT2D eigenvalue weighted by Gasteiger charge is -2.23. The van der Waals surface area contributed by atoms with E-state index < -0.39 is 26.3 Å². The molecule has 0 heterocycles. The lowest BCUT2D eigenvalue weighted by atomic mass is 10.0. The number of hydrogen-bond acceptors (Lipinski definition) is 5. The van der Waals surface area contributed by atoms with Crippen LogP contribution in [0.1, 0.15) is 13.3 Å². The summed E-state index contributed by atoms with van der Waals surface area (Å²) in [5.74, 6) is -0.900. The minimum Gasteiger partial charge on any atom is -0.399 e. The maximum Gasteiger partial charge on any atom is 0.243 e. The van der Waals surface area contributed by atoms with Crippen molar-refractivity contribution < 1.29 is 22.7 Å². The number of aliphatic hydroxyl groups is 1. The number of rotatable bonds is 7. The molecule has 20 heavy (non-hydrogen) atoms. The maximum absolute atomic E-state index is 13.5. The van der Waals surface area contributed by atoms with Crippen molar-refractivity contribution in [3.05, 3.63) is 24.0 Å². The predicted molar refractivity (Wildman–Crippen MR) is 73.1 cm³/mol. The highest BCUT2D eigenvalue weighted by molar-refractivity contribution is 7.89. The van der Waals surface area contributed by atoms with Gasteiger partial charge in [0.1, 0.15) is 10.7 Å². The summed E-state index contributed by atoms with van der Waals surface area (Å²) >= 11 is 0. The van der Waals surface area contributed by atoms with Crippen LogP contribution in [0.15, 0.2) is 23.1 Å². The molecule has 114 valence electrons. The van der Waals surface area contributed by atoms with Gasteiger partial charge in [0.2, 0.25) is 10.0 Å². The number of nitrogen functional groups attached to an aromatic ring is 1. The van der Waals surface area contributed by atoms with Gasteiger partial charge in [0, 0.05) is 32.4 Å². The molecule has 0 spiro atoms. The van der Waals surface area contributed by atoms with E-state index in [9.17, 15) is 17.9 Å². The van der Waals surface area contributed by atoms with E-state index in [1.807, 2.05) is 0 Å². The van der Waals surface area contributed by atoms with Crippen LogP contribution in [0.4, 0.5) is 10.1 Å². The maximum atomic E-state index is 13.5. The van der Waals surface area contributed by atoms with Gasteiger partial charge in [0.05, 0.1) is 5.60 Å². The van der Waals surface area contributed by atoms with Gasteiger partial charge in [0.15, 0.2) is 0 Å². The average Bonchev–Trinajstić information content (AvgIpc) is 2.37. The van der Waals surface area contributed by atoms with Gasteiger partial charge in [-0.3, -0.25) is 0 Å². The lowest BCUT2D eigenvalue weighted by molar-refractivity contribution is 0.0292. The second kappa shape index (κ2) is 6.49. The molecule has 1 rings (SSSR count). The molecule has 0 fully saturated rings. The predicted octanol–water partition coefficient (Wildman–Crippen LogP) is 0.474. The Hall–Kier alpha value is -1.22. The van der Waals surface area contributed by atoms with E-state index in [0.717, 1.165) is 12.1 Å². The first kappa shape index (κ1) is 16.8. The minimum absolute atomic E-state index is 0.137. The summed E-state index contributed by atoms with van der Waals surface area (Å²) in [4.78, 5) is -0.542. The fourth-order valence-corrected chi connectivity index (χ4v) is 2.74. The molecule has 0 aliphatic heterocycles. The first-order chi connectivity index (χ1) is 9.18. The smallest absolute Gasteiger partial charge is 0.243 e. The summed E-state index contributed by atoms with van der Waals surface area (Å²) in [5, 5.41) is 9.95. The third kappa shape index (κ3) is 4.71.